The maximum absolute atomic E-state index is 11.5. The van der Waals surface area contributed by atoms with Crippen molar-refractivity contribution < 1.29 is 4.79 Å². The van der Waals surface area contributed by atoms with Crippen LogP contribution in [0.3, 0.4) is 0 Å². The molecule has 1 N–H and O–H groups in total. The van der Waals surface area contributed by atoms with Crippen LogP contribution in [-0.4, -0.2) is 25.1 Å². The lowest BCUT2D eigenvalue weighted by Crippen LogP contribution is -2.21. The molecule has 15 heavy (non-hydrogen) atoms. The van der Waals surface area contributed by atoms with Gasteiger partial charge in [0.05, 0.1) is 0 Å². The van der Waals surface area contributed by atoms with Gasteiger partial charge in [-0.05, 0) is 0 Å². The number of hydrogen-bond donors (Lipinski definition) is 1. The van der Waals surface area contributed by atoms with Gasteiger partial charge in [0.2, 0.25) is 11.7 Å². The maximum atomic E-state index is 11.5. The van der Waals surface area contributed by atoms with E-state index >= 15 is 0 Å². The third-order valence-corrected chi connectivity index (χ3v) is 1.96. The zero-order chi connectivity index (χ0) is 11.0. The molecule has 0 aliphatic carbocycles. The quantitative estimate of drug-likeness (QED) is 0.676. The number of amides is 1. The molecule has 0 fully saturated rings. The van der Waals surface area contributed by atoms with Gasteiger partial charge in [0.15, 0.2) is 0 Å². The third-order valence-electron chi connectivity index (χ3n) is 1.96. The molecule has 7 nitrogen and oxygen atoms in total. The van der Waals surface area contributed by atoms with Crippen LogP contribution < -0.4 is 10.9 Å². The van der Waals surface area contributed by atoms with Crippen LogP contribution in [0.15, 0.2) is 17.2 Å². The van der Waals surface area contributed by atoms with E-state index in [0.717, 1.165) is 4.52 Å². The molecule has 0 unspecified atom stereocenters. The number of carbonyl (C=O) groups excluding carboxylic acids is 1. The Bertz CT molecular complexity index is 582. The fourth-order valence-corrected chi connectivity index (χ4v) is 1.30. The van der Waals surface area contributed by atoms with Crippen molar-refractivity contribution in [1.82, 2.24) is 19.2 Å². The number of anilines is 1. The predicted octanol–water partition coefficient (Wildman–Crippen LogP) is -0.614. The fraction of sp³-hybridized carbons (Fsp3) is 0.250. The summed E-state index contributed by atoms with van der Waals surface area (Å²) in [4.78, 5) is 26.3. The van der Waals surface area contributed by atoms with Gasteiger partial charge in [-0.25, -0.2) is 0 Å². The Balaban J connectivity index is 2.71. The van der Waals surface area contributed by atoms with E-state index in [1.807, 2.05) is 0 Å². The van der Waals surface area contributed by atoms with Crippen LogP contribution in [0.2, 0.25) is 0 Å². The molecule has 0 spiro atoms. The largest absolute Gasteiger partial charge is 0.312 e. The molecule has 2 aromatic heterocycles. The van der Waals surface area contributed by atoms with Gasteiger partial charge in [0.1, 0.15) is 12.1 Å². The summed E-state index contributed by atoms with van der Waals surface area (Å²) in [5.74, 6) is 0.535. The highest BCUT2D eigenvalue weighted by atomic mass is 16.1. The average molecular weight is 207 g/mol. The number of aromatic nitrogens is 4. The van der Waals surface area contributed by atoms with Crippen molar-refractivity contribution in [2.24, 2.45) is 7.05 Å². The summed E-state index contributed by atoms with van der Waals surface area (Å²) >= 11 is 0. The van der Waals surface area contributed by atoms with E-state index in [2.05, 4.69) is 15.4 Å². The van der Waals surface area contributed by atoms with Crippen LogP contribution in [0.1, 0.15) is 6.92 Å². The van der Waals surface area contributed by atoms with Crippen molar-refractivity contribution in [2.45, 2.75) is 6.92 Å². The Kier molecular flexibility index (Phi) is 2.00. The molecule has 0 atom stereocenters. The van der Waals surface area contributed by atoms with E-state index in [4.69, 9.17) is 0 Å². The Morgan fingerprint density at radius 2 is 2.27 bits per heavy atom. The van der Waals surface area contributed by atoms with Crippen molar-refractivity contribution in [3.05, 3.63) is 22.7 Å². The monoisotopic (exact) mass is 207 g/mol. The first-order valence-electron chi connectivity index (χ1n) is 4.27. The Morgan fingerprint density at radius 3 is 2.93 bits per heavy atom. The fourth-order valence-electron chi connectivity index (χ4n) is 1.30. The summed E-state index contributed by atoms with van der Waals surface area (Å²) < 4.78 is 2.74. The summed E-state index contributed by atoms with van der Waals surface area (Å²) in [5.41, 5.74) is -0.329. The number of nitrogens with one attached hydrogen (secondary N) is 1. The molecule has 0 bridgehead atoms. The zero-order valence-corrected chi connectivity index (χ0v) is 8.26. The van der Waals surface area contributed by atoms with E-state index in [9.17, 15) is 9.59 Å². The SMILES string of the molecule is CC(=O)Nc1cc(=O)n2ncnc2n1C. The first-order chi connectivity index (χ1) is 7.09. The van der Waals surface area contributed by atoms with E-state index in [0.29, 0.717) is 11.6 Å². The summed E-state index contributed by atoms with van der Waals surface area (Å²) in [6.45, 7) is 1.37. The summed E-state index contributed by atoms with van der Waals surface area (Å²) in [6.07, 6.45) is 1.29. The Hall–Kier alpha value is -2.18. The molecular formula is C8H9N5O2. The Morgan fingerprint density at radius 1 is 1.53 bits per heavy atom. The lowest BCUT2D eigenvalue weighted by atomic mass is 10.5. The van der Waals surface area contributed by atoms with Gasteiger partial charge < -0.3 is 5.32 Å². The molecule has 2 heterocycles. The molecule has 0 aromatic carbocycles. The van der Waals surface area contributed by atoms with Crippen LogP contribution in [0.5, 0.6) is 0 Å². The zero-order valence-electron chi connectivity index (χ0n) is 8.26. The summed E-state index contributed by atoms with van der Waals surface area (Å²) in [5, 5.41) is 6.30. The van der Waals surface area contributed by atoms with Crippen molar-refractivity contribution >= 4 is 17.5 Å². The van der Waals surface area contributed by atoms with Crippen molar-refractivity contribution in [1.29, 1.82) is 0 Å². The topological polar surface area (TPSA) is 81.3 Å². The smallest absolute Gasteiger partial charge is 0.277 e. The lowest BCUT2D eigenvalue weighted by Gasteiger charge is -2.08. The minimum Gasteiger partial charge on any atom is -0.312 e. The highest BCUT2D eigenvalue weighted by molar-refractivity contribution is 5.87. The highest BCUT2D eigenvalue weighted by Crippen LogP contribution is 2.05. The molecule has 0 saturated carbocycles. The Labute approximate surface area is 84.4 Å². The molecule has 78 valence electrons. The van der Waals surface area contributed by atoms with E-state index < -0.39 is 0 Å². The minimum absolute atomic E-state index is 0.242. The lowest BCUT2D eigenvalue weighted by molar-refractivity contribution is -0.114. The average Bonchev–Trinajstić information content (AvgIpc) is 2.61. The first kappa shape index (κ1) is 9.38. The molecule has 7 heteroatoms. The predicted molar refractivity (Wildman–Crippen MR) is 52.5 cm³/mol. The number of rotatable bonds is 1. The number of fused-ring (bicyclic) bond motifs is 1. The van der Waals surface area contributed by atoms with Crippen molar-refractivity contribution in [3.63, 3.8) is 0 Å². The van der Waals surface area contributed by atoms with Gasteiger partial charge in [0, 0.05) is 20.0 Å². The maximum Gasteiger partial charge on any atom is 0.277 e. The van der Waals surface area contributed by atoms with Crippen LogP contribution in [-0.2, 0) is 11.8 Å². The minimum atomic E-state index is -0.329. The van der Waals surface area contributed by atoms with E-state index in [1.165, 1.54) is 19.3 Å². The second-order valence-corrected chi connectivity index (χ2v) is 3.08. The van der Waals surface area contributed by atoms with Crippen LogP contribution in [0, 0.1) is 0 Å². The first-order valence-corrected chi connectivity index (χ1v) is 4.27. The van der Waals surface area contributed by atoms with Crippen LogP contribution in [0.25, 0.3) is 5.78 Å². The van der Waals surface area contributed by atoms with Crippen molar-refractivity contribution in [2.75, 3.05) is 5.32 Å². The van der Waals surface area contributed by atoms with Crippen molar-refractivity contribution in [3.8, 4) is 0 Å². The molecule has 0 aliphatic heterocycles. The summed E-state index contributed by atoms with van der Waals surface area (Å²) in [6, 6.07) is 1.29. The number of carbonyl (C=O) groups is 1. The van der Waals surface area contributed by atoms with Gasteiger partial charge in [-0.1, -0.05) is 0 Å². The second kappa shape index (κ2) is 3.19. The van der Waals surface area contributed by atoms with E-state index in [-0.39, 0.29) is 11.5 Å². The molecule has 0 aliphatic rings. The second-order valence-electron chi connectivity index (χ2n) is 3.08. The normalized spacial score (nSPS) is 10.5. The van der Waals surface area contributed by atoms with Crippen LogP contribution in [0.4, 0.5) is 5.82 Å². The van der Waals surface area contributed by atoms with Gasteiger partial charge in [0.25, 0.3) is 5.56 Å². The van der Waals surface area contributed by atoms with Gasteiger partial charge >= 0.3 is 0 Å². The molecule has 2 rings (SSSR count). The van der Waals surface area contributed by atoms with Gasteiger partial charge in [-0.2, -0.15) is 14.6 Å². The van der Waals surface area contributed by atoms with Crippen LogP contribution >= 0.6 is 0 Å². The molecule has 1 amide bonds. The van der Waals surface area contributed by atoms with Gasteiger partial charge in [-0.15, -0.1) is 0 Å². The molecule has 0 radical (unpaired) electrons. The molecule has 0 saturated heterocycles. The van der Waals surface area contributed by atoms with E-state index in [1.54, 1.807) is 11.6 Å². The number of nitrogens with zero attached hydrogens (tertiary/aromatic N) is 4. The molecule has 2 aromatic rings. The number of aryl methyl sites for hydroxylation is 1. The third kappa shape index (κ3) is 1.47. The summed E-state index contributed by atoms with van der Waals surface area (Å²) in [7, 11) is 1.69. The van der Waals surface area contributed by atoms with Gasteiger partial charge in [-0.3, -0.25) is 14.2 Å². The number of hydrogen-bond acceptors (Lipinski definition) is 4. The highest BCUT2D eigenvalue weighted by Gasteiger charge is 2.08. The molecular weight excluding hydrogens is 198 g/mol. The standard InChI is InChI=1S/C8H9N5O2/c1-5(14)11-6-3-7(15)13-8(12(6)2)9-4-10-13/h3-4H,1-2H3,(H,11,14).